The molecule has 1 aromatic carbocycles. The van der Waals surface area contributed by atoms with E-state index in [0.29, 0.717) is 0 Å². The average molecular weight is 290 g/mol. The van der Waals surface area contributed by atoms with Gasteiger partial charge in [0.15, 0.2) is 0 Å². The topological polar surface area (TPSA) is 47.8 Å². The molecule has 21 heavy (non-hydrogen) atoms. The average Bonchev–Trinajstić information content (AvgIpc) is 2.53. The van der Waals surface area contributed by atoms with Gasteiger partial charge in [0.25, 0.3) is 0 Å². The zero-order valence-electron chi connectivity index (χ0n) is 13.1. The lowest BCUT2D eigenvalue weighted by molar-refractivity contribution is -0.904. The van der Waals surface area contributed by atoms with Crippen molar-refractivity contribution in [3.63, 3.8) is 0 Å². The number of anilines is 1. The number of benzene rings is 1. The number of hydrogen-bond donors (Lipinski definition) is 1. The molecule has 1 heterocycles. The van der Waals surface area contributed by atoms with Crippen LogP contribution in [0.5, 0.6) is 0 Å². The Morgan fingerprint density at radius 3 is 2.24 bits per heavy atom. The van der Waals surface area contributed by atoms with Gasteiger partial charge >= 0.3 is 0 Å². The van der Waals surface area contributed by atoms with Crippen molar-refractivity contribution in [3.05, 3.63) is 29.8 Å². The molecule has 0 unspecified atom stereocenters. The highest BCUT2D eigenvalue weighted by atomic mass is 16.4. The van der Waals surface area contributed by atoms with Crippen LogP contribution in [0.3, 0.4) is 0 Å². The second-order valence-electron chi connectivity index (χ2n) is 5.96. The van der Waals surface area contributed by atoms with Gasteiger partial charge in [0, 0.05) is 11.6 Å². The number of nitrogens with zero attached hydrogens (tertiary/aromatic N) is 1. The number of carboxylic acid groups (broad SMARTS) is 1. The lowest BCUT2D eigenvalue weighted by atomic mass is 10.0. The number of aromatic carboxylic acids is 1. The predicted molar refractivity (Wildman–Crippen MR) is 82.6 cm³/mol. The first-order chi connectivity index (χ1) is 10.1. The Morgan fingerprint density at radius 1 is 1.19 bits per heavy atom. The molecule has 0 radical (unpaired) electrons. The zero-order chi connectivity index (χ0) is 15.2. The van der Waals surface area contributed by atoms with Crippen molar-refractivity contribution in [2.75, 3.05) is 37.6 Å². The standard InChI is InChI=1S/C17H26N2O2/c1-3-14(4-2)13-18-9-11-19(12-10-18)16-7-5-15(6-8-16)17(20)21/h5-8,14H,3-4,9-13H2,1-2H3,(H,20,21). The maximum Gasteiger partial charge on any atom is 0.0949 e. The maximum absolute atomic E-state index is 10.8. The van der Waals surface area contributed by atoms with Crippen LogP contribution in [0.15, 0.2) is 24.3 Å². The number of quaternary nitrogens is 1. The third kappa shape index (κ3) is 4.21. The Labute approximate surface area is 127 Å². The monoisotopic (exact) mass is 290 g/mol. The fraction of sp³-hybridized carbons (Fsp3) is 0.588. The van der Waals surface area contributed by atoms with E-state index in [1.54, 1.807) is 17.0 Å². The lowest BCUT2D eigenvalue weighted by Gasteiger charge is -2.35. The molecule has 0 atom stereocenters. The summed E-state index contributed by atoms with van der Waals surface area (Å²) in [6.45, 7) is 10.3. The first-order valence-corrected chi connectivity index (χ1v) is 8.04. The summed E-state index contributed by atoms with van der Waals surface area (Å²) >= 11 is 0. The van der Waals surface area contributed by atoms with E-state index in [-0.39, 0.29) is 5.56 Å². The summed E-state index contributed by atoms with van der Waals surface area (Å²) < 4.78 is 0. The normalized spacial score (nSPS) is 16.4. The fourth-order valence-corrected chi connectivity index (χ4v) is 3.08. The van der Waals surface area contributed by atoms with Crippen LogP contribution in [0.25, 0.3) is 0 Å². The first-order valence-electron chi connectivity index (χ1n) is 8.04. The number of carboxylic acids is 1. The molecule has 116 valence electrons. The van der Waals surface area contributed by atoms with Gasteiger partial charge in [0.1, 0.15) is 0 Å². The van der Waals surface area contributed by atoms with Crippen LogP contribution >= 0.6 is 0 Å². The second kappa shape index (κ2) is 7.46. The van der Waals surface area contributed by atoms with E-state index in [0.717, 1.165) is 24.7 Å². The Kier molecular flexibility index (Phi) is 5.62. The smallest absolute Gasteiger partial charge is 0.0949 e. The van der Waals surface area contributed by atoms with Gasteiger partial charge in [-0.25, -0.2) is 0 Å². The van der Waals surface area contributed by atoms with Crippen molar-refractivity contribution in [3.8, 4) is 0 Å². The summed E-state index contributed by atoms with van der Waals surface area (Å²) in [6, 6.07) is 7.04. The molecule has 4 nitrogen and oxygen atoms in total. The Bertz CT molecular complexity index is 446. The summed E-state index contributed by atoms with van der Waals surface area (Å²) in [4.78, 5) is 14.8. The highest BCUT2D eigenvalue weighted by molar-refractivity contribution is 5.86. The third-order valence-corrected chi connectivity index (χ3v) is 4.67. The molecule has 0 spiro atoms. The minimum absolute atomic E-state index is 0.247. The SMILES string of the molecule is CCC(CC)C[NH+]1CCN(c2ccc(C(=O)[O-])cc2)CC1. The summed E-state index contributed by atoms with van der Waals surface area (Å²) in [5.74, 6) is -0.269. The van der Waals surface area contributed by atoms with E-state index in [2.05, 4.69) is 18.7 Å². The van der Waals surface area contributed by atoms with Crippen LogP contribution < -0.4 is 14.9 Å². The van der Waals surface area contributed by atoms with Crippen molar-refractivity contribution in [1.29, 1.82) is 0 Å². The molecular formula is C17H26N2O2. The van der Waals surface area contributed by atoms with Crippen LogP contribution in [-0.2, 0) is 0 Å². The van der Waals surface area contributed by atoms with Crippen molar-refractivity contribution in [1.82, 2.24) is 0 Å². The largest absolute Gasteiger partial charge is 0.545 e. The Hall–Kier alpha value is -1.55. The van der Waals surface area contributed by atoms with Crippen LogP contribution in [0, 0.1) is 5.92 Å². The minimum atomic E-state index is -1.11. The number of rotatable bonds is 6. The molecule has 1 aliphatic rings. The second-order valence-corrected chi connectivity index (χ2v) is 5.96. The Morgan fingerprint density at radius 2 is 1.76 bits per heavy atom. The summed E-state index contributed by atoms with van der Waals surface area (Å²) in [6.07, 6.45) is 2.54. The number of piperazine rings is 1. The molecule has 0 aromatic heterocycles. The molecule has 1 N–H and O–H groups in total. The van der Waals surface area contributed by atoms with Crippen LogP contribution in [0.4, 0.5) is 5.69 Å². The summed E-state index contributed by atoms with van der Waals surface area (Å²) in [5, 5.41) is 10.8. The zero-order valence-corrected chi connectivity index (χ0v) is 13.1. The van der Waals surface area contributed by atoms with Crippen LogP contribution in [0.1, 0.15) is 37.0 Å². The number of nitrogens with one attached hydrogen (secondary N) is 1. The van der Waals surface area contributed by atoms with Gasteiger partial charge in [-0.3, -0.25) is 0 Å². The number of hydrogen-bond acceptors (Lipinski definition) is 3. The molecule has 2 rings (SSSR count). The van der Waals surface area contributed by atoms with Gasteiger partial charge in [-0.2, -0.15) is 0 Å². The highest BCUT2D eigenvalue weighted by Crippen LogP contribution is 2.15. The minimum Gasteiger partial charge on any atom is -0.545 e. The van der Waals surface area contributed by atoms with E-state index in [1.807, 2.05) is 12.1 Å². The highest BCUT2D eigenvalue weighted by Gasteiger charge is 2.22. The van der Waals surface area contributed by atoms with Crippen LogP contribution in [0.2, 0.25) is 0 Å². The third-order valence-electron chi connectivity index (χ3n) is 4.67. The molecule has 1 aromatic rings. The maximum atomic E-state index is 10.8. The number of carbonyl (C=O) groups excluding carboxylic acids is 1. The van der Waals surface area contributed by atoms with E-state index < -0.39 is 5.97 Å². The van der Waals surface area contributed by atoms with E-state index in [1.165, 1.54) is 32.5 Å². The molecule has 0 aliphatic carbocycles. The van der Waals surface area contributed by atoms with Gasteiger partial charge in [0.05, 0.1) is 38.7 Å². The molecule has 1 fully saturated rings. The quantitative estimate of drug-likeness (QED) is 0.814. The van der Waals surface area contributed by atoms with Gasteiger partial charge in [0.2, 0.25) is 0 Å². The van der Waals surface area contributed by atoms with Crippen molar-refractivity contribution >= 4 is 11.7 Å². The molecule has 0 bridgehead atoms. The first kappa shape index (κ1) is 15.8. The summed E-state index contributed by atoms with van der Waals surface area (Å²) in [7, 11) is 0. The molecule has 0 amide bonds. The van der Waals surface area contributed by atoms with Crippen molar-refractivity contribution < 1.29 is 14.8 Å². The van der Waals surface area contributed by atoms with E-state index in [4.69, 9.17) is 0 Å². The molecule has 1 saturated heterocycles. The van der Waals surface area contributed by atoms with Gasteiger partial charge in [-0.15, -0.1) is 0 Å². The van der Waals surface area contributed by atoms with Crippen molar-refractivity contribution in [2.45, 2.75) is 26.7 Å². The van der Waals surface area contributed by atoms with Gasteiger partial charge < -0.3 is 19.7 Å². The van der Waals surface area contributed by atoms with E-state index in [9.17, 15) is 9.90 Å². The fourth-order valence-electron chi connectivity index (χ4n) is 3.08. The molecule has 1 aliphatic heterocycles. The number of carbonyl (C=O) groups is 1. The van der Waals surface area contributed by atoms with E-state index >= 15 is 0 Å². The molecular weight excluding hydrogens is 264 g/mol. The van der Waals surface area contributed by atoms with Crippen molar-refractivity contribution in [2.24, 2.45) is 5.92 Å². The molecule has 4 heteroatoms. The lowest BCUT2D eigenvalue weighted by Crippen LogP contribution is -3.15. The Balaban J connectivity index is 1.87. The molecule has 0 saturated carbocycles. The summed E-state index contributed by atoms with van der Waals surface area (Å²) in [5.41, 5.74) is 1.36. The van der Waals surface area contributed by atoms with Crippen LogP contribution in [-0.4, -0.2) is 38.7 Å². The van der Waals surface area contributed by atoms with Gasteiger partial charge in [-0.05, 0) is 30.5 Å². The van der Waals surface area contributed by atoms with Gasteiger partial charge in [-0.1, -0.05) is 26.0 Å². The predicted octanol–water partition coefficient (Wildman–Crippen LogP) is 0.191.